The van der Waals surface area contributed by atoms with Gasteiger partial charge in [0.15, 0.2) is 0 Å². The molecule has 8 heteroatoms. The maximum absolute atomic E-state index is 12.5. The van der Waals surface area contributed by atoms with Gasteiger partial charge in [-0.1, -0.05) is 0 Å². The van der Waals surface area contributed by atoms with Crippen LogP contribution in [-0.4, -0.2) is 9.97 Å². The molecule has 1 aromatic heterocycles. The molecule has 0 radical (unpaired) electrons. The summed E-state index contributed by atoms with van der Waals surface area (Å²) in [6.45, 7) is 0. The van der Waals surface area contributed by atoms with E-state index in [9.17, 15) is 26.3 Å². The number of hydrogen-bond acceptors (Lipinski definition) is 1. The van der Waals surface area contributed by atoms with Gasteiger partial charge in [0.1, 0.15) is 5.52 Å². The highest BCUT2D eigenvalue weighted by Crippen LogP contribution is 2.39. The summed E-state index contributed by atoms with van der Waals surface area (Å²) in [6, 6.07) is 0.773. The average molecular weight is 254 g/mol. The van der Waals surface area contributed by atoms with Crippen molar-refractivity contribution in [3.8, 4) is 0 Å². The maximum atomic E-state index is 12.5. The molecule has 2 aromatic rings. The van der Waals surface area contributed by atoms with E-state index in [1.165, 1.54) is 0 Å². The molecule has 2 rings (SSSR count). The van der Waals surface area contributed by atoms with Crippen molar-refractivity contribution in [1.82, 2.24) is 9.97 Å². The molecule has 0 saturated carbocycles. The molecular formula is C9H4F6N2. The lowest BCUT2D eigenvalue weighted by molar-refractivity contribution is -0.139. The highest BCUT2D eigenvalue weighted by Gasteiger charge is 2.38. The standard InChI is InChI=1S/C9H4F6N2/c10-8(11,12)4-1-2-5(9(13,14)15)7-6(4)16-3-17-7/h1-3H,(H,16,17). The van der Waals surface area contributed by atoms with Gasteiger partial charge in [-0.2, -0.15) is 26.3 Å². The second-order valence-corrected chi connectivity index (χ2v) is 3.28. The van der Waals surface area contributed by atoms with Gasteiger partial charge in [-0.05, 0) is 12.1 Å². The average Bonchev–Trinajstić information content (AvgIpc) is 2.60. The summed E-state index contributed by atoms with van der Waals surface area (Å²) >= 11 is 0. The Bertz CT molecular complexity index is 503. The summed E-state index contributed by atoms with van der Waals surface area (Å²) in [6.07, 6.45) is -8.67. The predicted octanol–water partition coefficient (Wildman–Crippen LogP) is 3.60. The number of nitrogens with one attached hydrogen (secondary N) is 1. The highest BCUT2D eigenvalue weighted by molar-refractivity contribution is 5.82. The zero-order valence-corrected chi connectivity index (χ0v) is 7.95. The van der Waals surface area contributed by atoms with Gasteiger partial charge in [0.25, 0.3) is 0 Å². The number of alkyl halides is 6. The lowest BCUT2D eigenvalue weighted by atomic mass is 10.1. The van der Waals surface area contributed by atoms with Crippen molar-refractivity contribution in [3.05, 3.63) is 29.6 Å². The first-order chi connectivity index (χ1) is 7.71. The Morgan fingerprint density at radius 3 is 1.94 bits per heavy atom. The van der Waals surface area contributed by atoms with Gasteiger partial charge in [0.05, 0.1) is 23.0 Å². The fourth-order valence-corrected chi connectivity index (χ4v) is 1.50. The third-order valence-electron chi connectivity index (χ3n) is 2.19. The predicted molar refractivity (Wildman–Crippen MR) is 46.1 cm³/mol. The fraction of sp³-hybridized carbons (Fsp3) is 0.222. The first-order valence-corrected chi connectivity index (χ1v) is 4.32. The summed E-state index contributed by atoms with van der Waals surface area (Å²) in [7, 11) is 0. The molecular weight excluding hydrogens is 250 g/mol. The molecule has 2 nitrogen and oxygen atoms in total. The maximum Gasteiger partial charge on any atom is 0.418 e. The Morgan fingerprint density at radius 2 is 1.41 bits per heavy atom. The van der Waals surface area contributed by atoms with Gasteiger partial charge < -0.3 is 4.98 Å². The molecule has 1 N–H and O–H groups in total. The molecule has 92 valence electrons. The molecule has 0 unspecified atom stereocenters. The molecule has 0 spiro atoms. The Hall–Kier alpha value is -1.73. The van der Waals surface area contributed by atoms with E-state index < -0.39 is 34.5 Å². The molecule has 0 fully saturated rings. The van der Waals surface area contributed by atoms with Crippen LogP contribution >= 0.6 is 0 Å². The summed E-state index contributed by atoms with van der Waals surface area (Å²) in [5.41, 5.74) is -3.75. The van der Waals surface area contributed by atoms with Gasteiger partial charge in [-0.25, -0.2) is 4.98 Å². The number of imidazole rings is 1. The summed E-state index contributed by atoms with van der Waals surface area (Å²) in [5.74, 6) is 0. The Morgan fingerprint density at radius 1 is 0.882 bits per heavy atom. The first kappa shape index (κ1) is 11.7. The van der Waals surface area contributed by atoms with Crippen LogP contribution in [0.4, 0.5) is 26.3 Å². The van der Waals surface area contributed by atoms with Crippen LogP contribution in [0, 0.1) is 0 Å². The van der Waals surface area contributed by atoms with Gasteiger partial charge >= 0.3 is 12.4 Å². The second kappa shape index (κ2) is 3.38. The molecule has 0 saturated heterocycles. The largest absolute Gasteiger partial charge is 0.418 e. The smallest absolute Gasteiger partial charge is 0.344 e. The van der Waals surface area contributed by atoms with E-state index in [1.54, 1.807) is 0 Å². The zero-order chi connectivity index (χ0) is 12.8. The Balaban J connectivity index is 2.76. The van der Waals surface area contributed by atoms with Crippen LogP contribution in [0.1, 0.15) is 11.1 Å². The number of rotatable bonds is 0. The number of aromatic amines is 1. The topological polar surface area (TPSA) is 28.7 Å². The lowest BCUT2D eigenvalue weighted by Gasteiger charge is -2.11. The van der Waals surface area contributed by atoms with Crippen molar-refractivity contribution in [1.29, 1.82) is 0 Å². The van der Waals surface area contributed by atoms with Crippen molar-refractivity contribution in [2.45, 2.75) is 12.4 Å². The van der Waals surface area contributed by atoms with Crippen LogP contribution in [0.5, 0.6) is 0 Å². The second-order valence-electron chi connectivity index (χ2n) is 3.28. The van der Waals surface area contributed by atoms with E-state index >= 15 is 0 Å². The van der Waals surface area contributed by atoms with Crippen LogP contribution < -0.4 is 0 Å². The summed E-state index contributed by atoms with van der Waals surface area (Å²) < 4.78 is 74.9. The van der Waals surface area contributed by atoms with Gasteiger partial charge in [-0.3, -0.25) is 0 Å². The molecule has 1 aromatic carbocycles. The van der Waals surface area contributed by atoms with E-state index in [2.05, 4.69) is 9.97 Å². The number of aromatic nitrogens is 2. The van der Waals surface area contributed by atoms with Crippen molar-refractivity contribution in [2.24, 2.45) is 0 Å². The lowest BCUT2D eigenvalue weighted by Crippen LogP contribution is -2.10. The van der Waals surface area contributed by atoms with Crippen molar-refractivity contribution >= 4 is 11.0 Å². The quantitative estimate of drug-likeness (QED) is 0.715. The van der Waals surface area contributed by atoms with Crippen LogP contribution in [0.15, 0.2) is 18.5 Å². The number of nitrogens with zero attached hydrogens (tertiary/aromatic N) is 1. The molecule has 1 heterocycles. The van der Waals surface area contributed by atoms with E-state index in [1.807, 2.05) is 0 Å². The van der Waals surface area contributed by atoms with Gasteiger partial charge in [-0.15, -0.1) is 0 Å². The molecule has 0 aliphatic carbocycles. The number of halogens is 6. The minimum atomic E-state index is -4.74. The fourth-order valence-electron chi connectivity index (χ4n) is 1.50. The first-order valence-electron chi connectivity index (χ1n) is 4.32. The zero-order valence-electron chi connectivity index (χ0n) is 7.95. The van der Waals surface area contributed by atoms with Crippen LogP contribution in [0.2, 0.25) is 0 Å². The third kappa shape index (κ3) is 1.94. The molecule has 17 heavy (non-hydrogen) atoms. The summed E-state index contributed by atoms with van der Waals surface area (Å²) in [5, 5.41) is 0. The minimum Gasteiger partial charge on any atom is -0.344 e. The van der Waals surface area contributed by atoms with Crippen LogP contribution in [-0.2, 0) is 12.4 Å². The number of fused-ring (bicyclic) bond motifs is 1. The highest BCUT2D eigenvalue weighted by atomic mass is 19.4. The minimum absolute atomic E-state index is 0.381. The van der Waals surface area contributed by atoms with Crippen molar-refractivity contribution in [2.75, 3.05) is 0 Å². The summed E-state index contributed by atoms with van der Waals surface area (Å²) in [4.78, 5) is 5.36. The molecule has 0 bridgehead atoms. The number of hydrogen-bond donors (Lipinski definition) is 1. The van der Waals surface area contributed by atoms with Crippen molar-refractivity contribution in [3.63, 3.8) is 0 Å². The molecule has 0 amide bonds. The molecule has 0 aliphatic heterocycles. The number of H-pyrrole nitrogens is 1. The van der Waals surface area contributed by atoms with Gasteiger partial charge in [0, 0.05) is 0 Å². The van der Waals surface area contributed by atoms with E-state index in [4.69, 9.17) is 0 Å². The normalized spacial score (nSPS) is 13.3. The molecule has 0 aliphatic rings. The van der Waals surface area contributed by atoms with Crippen molar-refractivity contribution < 1.29 is 26.3 Å². The Kier molecular flexibility index (Phi) is 2.33. The van der Waals surface area contributed by atoms with Gasteiger partial charge in [0.2, 0.25) is 0 Å². The van der Waals surface area contributed by atoms with E-state index in [-0.39, 0.29) is 0 Å². The third-order valence-corrected chi connectivity index (χ3v) is 2.19. The van der Waals surface area contributed by atoms with E-state index in [0.717, 1.165) is 6.33 Å². The molecule has 0 atom stereocenters. The monoisotopic (exact) mass is 254 g/mol. The van der Waals surface area contributed by atoms with Crippen LogP contribution in [0.3, 0.4) is 0 Å². The van der Waals surface area contributed by atoms with E-state index in [0.29, 0.717) is 12.1 Å². The Labute approximate surface area is 90.3 Å². The number of benzene rings is 1. The SMILES string of the molecule is FC(F)(F)c1ccc(C(F)(F)F)c2[nH]cnc12. The van der Waals surface area contributed by atoms with Crippen LogP contribution in [0.25, 0.3) is 11.0 Å².